The van der Waals surface area contributed by atoms with Gasteiger partial charge in [0.1, 0.15) is 0 Å². The minimum atomic E-state index is 0.991. The summed E-state index contributed by atoms with van der Waals surface area (Å²) in [4.78, 5) is 2.32. The molecule has 0 aromatic heterocycles. The fourth-order valence-corrected chi connectivity index (χ4v) is 5.10. The van der Waals surface area contributed by atoms with Gasteiger partial charge in [-0.25, -0.2) is 0 Å². The van der Waals surface area contributed by atoms with E-state index < -0.39 is 0 Å². The summed E-state index contributed by atoms with van der Waals surface area (Å²) in [6, 6.07) is 44.0. The summed E-state index contributed by atoms with van der Waals surface area (Å²) < 4.78 is 0. The van der Waals surface area contributed by atoms with Crippen LogP contribution in [0.2, 0.25) is 0 Å². The molecule has 174 valence electrons. The third-order valence-electron chi connectivity index (χ3n) is 7.04. The van der Waals surface area contributed by atoms with Crippen LogP contribution in [0, 0.1) is 13.8 Å². The molecule has 0 amide bonds. The average Bonchev–Trinajstić information content (AvgIpc) is 2.92. The summed E-state index contributed by atoms with van der Waals surface area (Å²) >= 11 is 0. The number of nitrogens with zero attached hydrogens (tertiary/aromatic N) is 1. The molecule has 0 bridgehead atoms. The second-order valence-electron chi connectivity index (χ2n) is 9.65. The van der Waals surface area contributed by atoms with Gasteiger partial charge in [0.15, 0.2) is 0 Å². The SMILES string of the molecule is Cc1ccc(N(c2ccc(C)cc2)c2ccc(C=C3c4ccccc4Cc4ccccc43)cc2)cc1. The highest BCUT2D eigenvalue weighted by Gasteiger charge is 2.19. The Morgan fingerprint density at radius 2 is 0.917 bits per heavy atom. The fourth-order valence-electron chi connectivity index (χ4n) is 5.10. The largest absolute Gasteiger partial charge is 0.311 e. The van der Waals surface area contributed by atoms with Crippen molar-refractivity contribution in [3.8, 4) is 0 Å². The van der Waals surface area contributed by atoms with Gasteiger partial charge in [-0.15, -0.1) is 0 Å². The zero-order valence-electron chi connectivity index (χ0n) is 20.8. The molecule has 0 spiro atoms. The minimum absolute atomic E-state index is 0.991. The fraction of sp³-hybridized carbons (Fsp3) is 0.0857. The molecule has 1 heteroatoms. The lowest BCUT2D eigenvalue weighted by Crippen LogP contribution is -2.10. The van der Waals surface area contributed by atoms with Gasteiger partial charge in [-0.2, -0.15) is 0 Å². The van der Waals surface area contributed by atoms with Crippen LogP contribution < -0.4 is 4.90 Å². The first kappa shape index (κ1) is 22.1. The Kier molecular flexibility index (Phi) is 5.75. The number of hydrogen-bond acceptors (Lipinski definition) is 1. The van der Waals surface area contributed by atoms with Crippen molar-refractivity contribution in [1.29, 1.82) is 0 Å². The van der Waals surface area contributed by atoms with Crippen LogP contribution in [-0.4, -0.2) is 0 Å². The third-order valence-corrected chi connectivity index (χ3v) is 7.04. The van der Waals surface area contributed by atoms with Gasteiger partial charge in [0.25, 0.3) is 0 Å². The summed E-state index contributed by atoms with van der Waals surface area (Å²) in [6.07, 6.45) is 3.33. The Balaban J connectivity index is 1.41. The van der Waals surface area contributed by atoms with Crippen molar-refractivity contribution in [1.82, 2.24) is 0 Å². The van der Waals surface area contributed by atoms with Crippen molar-refractivity contribution in [2.45, 2.75) is 20.3 Å². The number of hydrogen-bond donors (Lipinski definition) is 0. The van der Waals surface area contributed by atoms with Gasteiger partial charge in [0, 0.05) is 17.1 Å². The van der Waals surface area contributed by atoms with E-state index in [1.807, 2.05) is 0 Å². The standard InChI is InChI=1S/C35H29N/c1-25-11-17-30(18-12-25)36(31-19-13-26(2)14-20-31)32-21-15-27(16-22-32)23-35-33-9-5-3-7-28(33)24-29-8-4-6-10-34(29)35/h3-23H,24H2,1-2H3. The first-order chi connectivity index (χ1) is 17.7. The molecule has 0 N–H and O–H groups in total. The Bertz CT molecular complexity index is 1450. The number of anilines is 3. The molecule has 0 fully saturated rings. The Labute approximate surface area is 214 Å². The van der Waals surface area contributed by atoms with Gasteiger partial charge in [0.2, 0.25) is 0 Å². The molecule has 0 heterocycles. The highest BCUT2D eigenvalue weighted by Crippen LogP contribution is 2.38. The van der Waals surface area contributed by atoms with Gasteiger partial charge in [-0.1, -0.05) is 96.1 Å². The third kappa shape index (κ3) is 4.25. The smallest absolute Gasteiger partial charge is 0.0462 e. The Hall–Kier alpha value is -4.36. The maximum absolute atomic E-state index is 2.34. The molecule has 1 aliphatic rings. The number of benzene rings is 5. The van der Waals surface area contributed by atoms with E-state index in [1.54, 1.807) is 0 Å². The van der Waals surface area contributed by atoms with Crippen LogP contribution in [0.4, 0.5) is 17.1 Å². The van der Waals surface area contributed by atoms with E-state index in [9.17, 15) is 0 Å². The van der Waals surface area contributed by atoms with Gasteiger partial charge in [0.05, 0.1) is 0 Å². The summed E-state index contributed by atoms with van der Waals surface area (Å²) in [6.45, 7) is 4.26. The second-order valence-corrected chi connectivity index (χ2v) is 9.65. The van der Waals surface area contributed by atoms with E-state index in [-0.39, 0.29) is 0 Å². The number of aryl methyl sites for hydroxylation is 2. The summed E-state index contributed by atoms with van der Waals surface area (Å²) in [5.41, 5.74) is 13.9. The maximum Gasteiger partial charge on any atom is 0.0462 e. The topological polar surface area (TPSA) is 3.24 Å². The lowest BCUT2D eigenvalue weighted by molar-refractivity contribution is 1.14. The van der Waals surface area contributed by atoms with Crippen LogP contribution in [0.25, 0.3) is 11.6 Å². The molecule has 0 atom stereocenters. The molecule has 0 radical (unpaired) electrons. The summed E-state index contributed by atoms with van der Waals surface area (Å²) in [5.74, 6) is 0. The van der Waals surface area contributed by atoms with E-state index >= 15 is 0 Å². The van der Waals surface area contributed by atoms with E-state index in [0.717, 1.165) is 23.5 Å². The molecule has 0 saturated heterocycles. The molecule has 36 heavy (non-hydrogen) atoms. The molecular weight excluding hydrogens is 434 g/mol. The summed E-state index contributed by atoms with van der Waals surface area (Å²) in [7, 11) is 0. The molecule has 5 aromatic rings. The van der Waals surface area contributed by atoms with Crippen LogP contribution in [0.15, 0.2) is 121 Å². The van der Waals surface area contributed by atoms with Crippen molar-refractivity contribution in [3.05, 3.63) is 160 Å². The van der Waals surface area contributed by atoms with Crippen LogP contribution >= 0.6 is 0 Å². The molecule has 0 saturated carbocycles. The first-order valence-corrected chi connectivity index (χ1v) is 12.6. The lowest BCUT2D eigenvalue weighted by atomic mass is 9.81. The van der Waals surface area contributed by atoms with Crippen molar-refractivity contribution in [2.75, 3.05) is 4.90 Å². The lowest BCUT2D eigenvalue weighted by Gasteiger charge is -2.26. The molecule has 6 rings (SSSR count). The van der Waals surface area contributed by atoms with E-state index in [1.165, 1.54) is 44.5 Å². The predicted molar refractivity (Wildman–Crippen MR) is 153 cm³/mol. The van der Waals surface area contributed by atoms with E-state index in [4.69, 9.17) is 0 Å². The van der Waals surface area contributed by atoms with Crippen LogP contribution in [0.5, 0.6) is 0 Å². The van der Waals surface area contributed by atoms with Crippen LogP contribution in [0.1, 0.15) is 38.9 Å². The van der Waals surface area contributed by atoms with Crippen molar-refractivity contribution >= 4 is 28.7 Å². The maximum atomic E-state index is 2.34. The van der Waals surface area contributed by atoms with Crippen LogP contribution in [0.3, 0.4) is 0 Å². The molecule has 1 aliphatic carbocycles. The molecule has 0 unspecified atom stereocenters. The van der Waals surface area contributed by atoms with Crippen molar-refractivity contribution < 1.29 is 0 Å². The van der Waals surface area contributed by atoms with Gasteiger partial charge in [-0.3, -0.25) is 0 Å². The van der Waals surface area contributed by atoms with E-state index in [0.29, 0.717) is 0 Å². The van der Waals surface area contributed by atoms with Gasteiger partial charge >= 0.3 is 0 Å². The Morgan fingerprint density at radius 1 is 0.500 bits per heavy atom. The zero-order valence-corrected chi connectivity index (χ0v) is 20.8. The molecule has 5 aromatic carbocycles. The highest BCUT2D eigenvalue weighted by molar-refractivity contribution is 5.95. The Morgan fingerprint density at radius 3 is 1.39 bits per heavy atom. The monoisotopic (exact) mass is 463 g/mol. The number of rotatable bonds is 4. The first-order valence-electron chi connectivity index (χ1n) is 12.6. The quantitative estimate of drug-likeness (QED) is 0.252. The van der Waals surface area contributed by atoms with Crippen molar-refractivity contribution in [2.24, 2.45) is 0 Å². The summed E-state index contributed by atoms with van der Waals surface area (Å²) in [5, 5.41) is 0. The minimum Gasteiger partial charge on any atom is -0.311 e. The highest BCUT2D eigenvalue weighted by atomic mass is 15.1. The van der Waals surface area contributed by atoms with Crippen LogP contribution in [-0.2, 0) is 6.42 Å². The molecule has 0 aliphatic heterocycles. The number of fused-ring (bicyclic) bond motifs is 2. The normalized spacial score (nSPS) is 12.0. The second kappa shape index (κ2) is 9.36. The van der Waals surface area contributed by atoms with Gasteiger partial charge < -0.3 is 4.90 Å². The molecule has 1 nitrogen and oxygen atoms in total. The predicted octanol–water partition coefficient (Wildman–Crippen LogP) is 9.27. The molecular formula is C35H29N. The van der Waals surface area contributed by atoms with Gasteiger partial charge in [-0.05, 0) is 96.1 Å². The van der Waals surface area contributed by atoms with Crippen molar-refractivity contribution in [3.63, 3.8) is 0 Å². The van der Waals surface area contributed by atoms with E-state index in [2.05, 4.69) is 146 Å². The zero-order chi connectivity index (χ0) is 24.5. The average molecular weight is 464 g/mol.